The molecule has 1 fully saturated rings. The SMILES string of the molecule is CC(C)(C)OC(=O)Nc1cnc(C#C/C=C/c2nc3ccc(OCC(CF)OC4CCCCO4)cc3s2)cn1. The van der Waals surface area contributed by atoms with E-state index in [1.165, 1.54) is 23.7 Å². The van der Waals surface area contributed by atoms with Crippen LogP contribution in [0.2, 0.25) is 0 Å². The van der Waals surface area contributed by atoms with E-state index in [4.69, 9.17) is 18.9 Å². The van der Waals surface area contributed by atoms with Crippen LogP contribution in [-0.4, -0.2) is 58.9 Å². The number of nitrogens with one attached hydrogen (secondary N) is 1. The van der Waals surface area contributed by atoms with E-state index in [2.05, 4.69) is 32.1 Å². The largest absolute Gasteiger partial charge is 0.491 e. The fourth-order valence-electron chi connectivity index (χ4n) is 3.52. The van der Waals surface area contributed by atoms with Crippen molar-refractivity contribution in [1.82, 2.24) is 15.0 Å². The Hall–Kier alpha value is -3.59. The number of carbonyl (C=O) groups is 1. The number of nitrogens with zero attached hydrogens (tertiary/aromatic N) is 3. The van der Waals surface area contributed by atoms with E-state index in [0.717, 1.165) is 34.5 Å². The first kappa shape index (κ1) is 28.4. The molecule has 0 bridgehead atoms. The second kappa shape index (κ2) is 13.5. The first-order valence-electron chi connectivity index (χ1n) is 12.6. The summed E-state index contributed by atoms with van der Waals surface area (Å²) >= 11 is 1.49. The first-order valence-corrected chi connectivity index (χ1v) is 13.5. The lowest BCUT2D eigenvalue weighted by atomic mass is 10.2. The smallest absolute Gasteiger partial charge is 0.413 e. The Morgan fingerprint density at radius 1 is 1.31 bits per heavy atom. The van der Waals surface area contributed by atoms with Crippen molar-refractivity contribution in [3.05, 3.63) is 47.4 Å². The maximum atomic E-state index is 13.4. The number of alkyl halides is 1. The molecule has 0 spiro atoms. The van der Waals surface area contributed by atoms with Crippen LogP contribution in [0.1, 0.15) is 50.7 Å². The molecule has 1 aliphatic heterocycles. The number of benzene rings is 1. The lowest BCUT2D eigenvalue weighted by molar-refractivity contribution is -0.195. The molecule has 4 rings (SSSR count). The van der Waals surface area contributed by atoms with Gasteiger partial charge in [0.2, 0.25) is 0 Å². The highest BCUT2D eigenvalue weighted by atomic mass is 32.1. The quantitative estimate of drug-likeness (QED) is 0.351. The van der Waals surface area contributed by atoms with E-state index in [0.29, 0.717) is 18.1 Å². The van der Waals surface area contributed by atoms with E-state index in [-0.39, 0.29) is 18.7 Å². The molecule has 2 aromatic heterocycles. The molecule has 2 atom stereocenters. The van der Waals surface area contributed by atoms with Crippen molar-refractivity contribution in [3.63, 3.8) is 0 Å². The third-order valence-electron chi connectivity index (χ3n) is 5.26. The summed E-state index contributed by atoms with van der Waals surface area (Å²) in [5.41, 5.74) is 0.673. The number of hydrogen-bond donors (Lipinski definition) is 1. The summed E-state index contributed by atoms with van der Waals surface area (Å²) in [6, 6.07) is 5.55. The number of hydrogen-bond acceptors (Lipinski definition) is 9. The van der Waals surface area contributed by atoms with Gasteiger partial charge in [-0.3, -0.25) is 5.32 Å². The minimum Gasteiger partial charge on any atom is -0.491 e. The predicted molar refractivity (Wildman–Crippen MR) is 147 cm³/mol. The van der Waals surface area contributed by atoms with Gasteiger partial charge in [0.1, 0.15) is 41.4 Å². The van der Waals surface area contributed by atoms with Crippen LogP contribution in [0, 0.1) is 11.8 Å². The molecular formula is C28H31FN4O5S. The van der Waals surface area contributed by atoms with Crippen LogP contribution in [-0.2, 0) is 14.2 Å². The van der Waals surface area contributed by atoms with E-state index < -0.39 is 24.5 Å². The number of fused-ring (bicyclic) bond motifs is 1. The second-order valence-corrected chi connectivity index (χ2v) is 10.8. The summed E-state index contributed by atoms with van der Waals surface area (Å²) in [5, 5.41) is 3.30. The van der Waals surface area contributed by atoms with Gasteiger partial charge in [-0.15, -0.1) is 11.3 Å². The summed E-state index contributed by atoms with van der Waals surface area (Å²) in [6.07, 6.45) is 7.53. The number of halogens is 1. The molecule has 1 amide bonds. The molecule has 39 heavy (non-hydrogen) atoms. The van der Waals surface area contributed by atoms with Gasteiger partial charge in [-0.05, 0) is 76.3 Å². The normalized spacial score (nSPS) is 16.5. The molecule has 1 aliphatic rings. The molecule has 1 N–H and O–H groups in total. The van der Waals surface area contributed by atoms with Gasteiger partial charge < -0.3 is 18.9 Å². The van der Waals surface area contributed by atoms with Gasteiger partial charge in [-0.2, -0.15) is 0 Å². The van der Waals surface area contributed by atoms with Crippen molar-refractivity contribution in [2.75, 3.05) is 25.2 Å². The first-order chi connectivity index (χ1) is 18.8. The van der Waals surface area contributed by atoms with E-state index in [9.17, 15) is 9.18 Å². The average Bonchev–Trinajstić information content (AvgIpc) is 3.31. The van der Waals surface area contributed by atoms with Crippen LogP contribution in [0.4, 0.5) is 15.0 Å². The molecule has 0 aliphatic carbocycles. The number of amides is 1. The zero-order valence-electron chi connectivity index (χ0n) is 22.1. The van der Waals surface area contributed by atoms with Gasteiger partial charge in [-0.1, -0.05) is 5.92 Å². The van der Waals surface area contributed by atoms with Gasteiger partial charge in [-0.25, -0.2) is 24.1 Å². The Balaban J connectivity index is 1.29. The maximum absolute atomic E-state index is 13.4. The molecular weight excluding hydrogens is 523 g/mol. The van der Waals surface area contributed by atoms with Crippen molar-refractivity contribution < 1.29 is 28.1 Å². The summed E-state index contributed by atoms with van der Waals surface area (Å²) in [5.74, 6) is 6.69. The van der Waals surface area contributed by atoms with Gasteiger partial charge in [0.25, 0.3) is 0 Å². The topological polar surface area (TPSA) is 105 Å². The molecule has 2 unspecified atom stereocenters. The van der Waals surface area contributed by atoms with E-state index >= 15 is 0 Å². The summed E-state index contributed by atoms with van der Waals surface area (Å²) in [6.45, 7) is 5.44. The number of thiazole rings is 1. The van der Waals surface area contributed by atoms with Crippen LogP contribution in [0.3, 0.4) is 0 Å². The minimum atomic E-state index is -0.676. The Labute approximate surface area is 230 Å². The van der Waals surface area contributed by atoms with Gasteiger partial charge in [0, 0.05) is 6.61 Å². The van der Waals surface area contributed by atoms with Crippen LogP contribution < -0.4 is 10.1 Å². The molecule has 1 saturated heterocycles. The molecule has 3 heterocycles. The third kappa shape index (κ3) is 9.28. The van der Waals surface area contributed by atoms with Crippen LogP contribution >= 0.6 is 11.3 Å². The van der Waals surface area contributed by atoms with Crippen LogP contribution in [0.15, 0.2) is 36.7 Å². The number of aromatic nitrogens is 3. The van der Waals surface area contributed by atoms with Gasteiger partial charge in [0.05, 0.1) is 22.6 Å². The molecule has 0 radical (unpaired) electrons. The zero-order chi connectivity index (χ0) is 27.7. The van der Waals surface area contributed by atoms with E-state index in [1.807, 2.05) is 18.2 Å². The van der Waals surface area contributed by atoms with E-state index in [1.54, 1.807) is 32.9 Å². The zero-order valence-corrected chi connectivity index (χ0v) is 22.9. The highest BCUT2D eigenvalue weighted by Gasteiger charge is 2.20. The Kier molecular flexibility index (Phi) is 9.81. The van der Waals surface area contributed by atoms with Gasteiger partial charge >= 0.3 is 6.09 Å². The monoisotopic (exact) mass is 554 g/mol. The lowest BCUT2D eigenvalue weighted by Crippen LogP contribution is -2.32. The third-order valence-corrected chi connectivity index (χ3v) is 6.24. The number of anilines is 1. The maximum Gasteiger partial charge on any atom is 0.413 e. The Bertz CT molecular complexity index is 1340. The highest BCUT2D eigenvalue weighted by Crippen LogP contribution is 2.27. The number of carbonyl (C=O) groups excluding carboxylic acids is 1. The average molecular weight is 555 g/mol. The van der Waals surface area contributed by atoms with Crippen LogP contribution in [0.25, 0.3) is 16.3 Å². The lowest BCUT2D eigenvalue weighted by Gasteiger charge is -2.26. The Morgan fingerprint density at radius 3 is 2.90 bits per heavy atom. The number of ether oxygens (including phenoxy) is 4. The van der Waals surface area contributed by atoms with Gasteiger partial charge in [0.15, 0.2) is 12.1 Å². The summed E-state index contributed by atoms with van der Waals surface area (Å²) in [4.78, 5) is 24.7. The highest BCUT2D eigenvalue weighted by molar-refractivity contribution is 7.19. The van der Waals surface area contributed by atoms with Crippen molar-refractivity contribution >= 4 is 39.5 Å². The molecule has 3 aromatic rings. The molecule has 206 valence electrons. The molecule has 11 heteroatoms. The van der Waals surface area contributed by atoms with Crippen LogP contribution in [0.5, 0.6) is 5.75 Å². The fraction of sp³-hybridized carbons (Fsp3) is 0.429. The van der Waals surface area contributed by atoms with Crippen molar-refractivity contribution in [1.29, 1.82) is 0 Å². The minimum absolute atomic E-state index is 0.101. The number of allylic oxidation sites excluding steroid dienone is 1. The van der Waals surface area contributed by atoms with Crippen molar-refractivity contribution in [3.8, 4) is 17.6 Å². The standard InChI is InChI=1S/C28H31FN4O5S/c1-28(2,3)38-27(34)33-24-17-30-19(16-31-24)8-4-5-9-25-32-22-12-11-20(14-23(22)39-25)36-18-21(15-29)37-26-10-6-7-13-35-26/h5,9,11-12,14,16-17,21,26H,6-7,10,13,15,18H2,1-3H3,(H,31,33,34)/b9-5+. The molecule has 9 nitrogen and oxygen atoms in total. The second-order valence-electron chi connectivity index (χ2n) is 9.72. The fourth-order valence-corrected chi connectivity index (χ4v) is 4.42. The van der Waals surface area contributed by atoms with Crippen molar-refractivity contribution in [2.24, 2.45) is 0 Å². The summed E-state index contributed by atoms with van der Waals surface area (Å²) < 4.78 is 36.6. The molecule has 0 saturated carbocycles. The number of rotatable bonds is 8. The summed E-state index contributed by atoms with van der Waals surface area (Å²) in [7, 11) is 0. The molecule has 1 aromatic carbocycles. The van der Waals surface area contributed by atoms with Crippen molar-refractivity contribution in [2.45, 2.75) is 58.0 Å². The Morgan fingerprint density at radius 2 is 2.18 bits per heavy atom. The predicted octanol–water partition coefficient (Wildman–Crippen LogP) is 5.76.